The molecule has 1 aliphatic heterocycles. The van der Waals surface area contributed by atoms with Crippen LogP contribution in [0, 0.1) is 5.92 Å². The van der Waals surface area contributed by atoms with Gasteiger partial charge in [-0.1, -0.05) is 54.1 Å². The van der Waals surface area contributed by atoms with Gasteiger partial charge < -0.3 is 10.1 Å². The zero-order chi connectivity index (χ0) is 17.6. The third kappa shape index (κ3) is 2.89. The second kappa shape index (κ2) is 6.53. The molecule has 0 aromatic heterocycles. The number of benzene rings is 2. The quantitative estimate of drug-likeness (QED) is 0.604. The molecule has 3 atom stereocenters. The van der Waals surface area contributed by atoms with Gasteiger partial charge in [0.2, 0.25) is 0 Å². The van der Waals surface area contributed by atoms with Crippen molar-refractivity contribution < 1.29 is 4.74 Å². The Hall–Kier alpha value is -1.74. The Balaban J connectivity index is 1.80. The zero-order valence-corrected chi connectivity index (χ0v) is 16.5. The third-order valence-corrected chi connectivity index (χ3v) is 6.07. The predicted molar refractivity (Wildman–Crippen MR) is 108 cm³/mol. The summed E-state index contributed by atoms with van der Waals surface area (Å²) >= 11 is 3.62. The van der Waals surface area contributed by atoms with E-state index in [-0.39, 0.29) is 6.04 Å². The summed E-state index contributed by atoms with van der Waals surface area (Å²) in [5.74, 6) is 2.51. The van der Waals surface area contributed by atoms with Crippen molar-refractivity contribution in [2.24, 2.45) is 5.92 Å². The topological polar surface area (TPSA) is 21.3 Å². The smallest absolute Gasteiger partial charge is 0.124 e. The highest BCUT2D eigenvalue weighted by molar-refractivity contribution is 9.10. The fourth-order valence-corrected chi connectivity index (χ4v) is 4.61. The van der Waals surface area contributed by atoms with E-state index in [0.717, 1.165) is 16.6 Å². The van der Waals surface area contributed by atoms with Crippen molar-refractivity contribution in [3.63, 3.8) is 0 Å². The average Bonchev–Trinajstić information content (AvgIpc) is 3.10. The van der Waals surface area contributed by atoms with Gasteiger partial charge >= 0.3 is 0 Å². The lowest BCUT2D eigenvalue weighted by Gasteiger charge is -2.38. The van der Waals surface area contributed by atoms with E-state index in [9.17, 15) is 0 Å². The molecule has 0 unspecified atom stereocenters. The Bertz CT molecular complexity index is 827. The first-order valence-electron chi connectivity index (χ1n) is 8.99. The van der Waals surface area contributed by atoms with Gasteiger partial charge in [-0.05, 0) is 53.6 Å². The van der Waals surface area contributed by atoms with Crippen molar-refractivity contribution in [1.82, 2.24) is 0 Å². The Kier molecular flexibility index (Phi) is 4.36. The SMILES string of the molecule is COc1ccc(Br)cc1[C@@H]1Nc2ccc(C(C)C)cc2[C@H]2C=CC[C@H]21. The number of allylic oxidation sites excluding steroid dienone is 2. The highest BCUT2D eigenvalue weighted by Gasteiger charge is 2.39. The van der Waals surface area contributed by atoms with E-state index in [0.29, 0.717) is 17.8 Å². The molecule has 0 radical (unpaired) electrons. The highest BCUT2D eigenvalue weighted by Crippen LogP contribution is 2.51. The molecule has 0 bridgehead atoms. The van der Waals surface area contributed by atoms with Gasteiger partial charge in [0.1, 0.15) is 5.75 Å². The molecule has 1 N–H and O–H groups in total. The summed E-state index contributed by atoms with van der Waals surface area (Å²) in [6, 6.07) is 13.4. The van der Waals surface area contributed by atoms with E-state index in [4.69, 9.17) is 4.74 Å². The summed E-state index contributed by atoms with van der Waals surface area (Å²) in [7, 11) is 1.75. The molecular formula is C22H24BrNO. The van der Waals surface area contributed by atoms with Crippen LogP contribution in [-0.4, -0.2) is 7.11 Å². The Morgan fingerprint density at radius 3 is 2.72 bits per heavy atom. The summed E-state index contributed by atoms with van der Waals surface area (Å²) in [5.41, 5.74) is 5.34. The first-order chi connectivity index (χ1) is 12.1. The molecule has 1 aliphatic carbocycles. The maximum atomic E-state index is 5.66. The van der Waals surface area contributed by atoms with E-state index in [2.05, 4.69) is 77.6 Å². The molecule has 2 aliphatic rings. The van der Waals surface area contributed by atoms with Crippen molar-refractivity contribution >= 4 is 21.6 Å². The number of nitrogens with one attached hydrogen (secondary N) is 1. The zero-order valence-electron chi connectivity index (χ0n) is 14.9. The molecule has 0 spiro atoms. The second-order valence-corrected chi connectivity index (χ2v) is 8.28. The number of methoxy groups -OCH3 is 1. The monoisotopic (exact) mass is 397 g/mol. The van der Waals surface area contributed by atoms with Crippen LogP contribution in [0.2, 0.25) is 0 Å². The maximum Gasteiger partial charge on any atom is 0.124 e. The van der Waals surface area contributed by atoms with Crippen molar-refractivity contribution in [2.75, 3.05) is 12.4 Å². The lowest BCUT2D eigenvalue weighted by Crippen LogP contribution is -2.29. The lowest BCUT2D eigenvalue weighted by atomic mass is 9.76. The van der Waals surface area contributed by atoms with Gasteiger partial charge in [0.25, 0.3) is 0 Å². The molecule has 0 amide bonds. The number of ether oxygens (including phenoxy) is 1. The normalized spacial score (nSPS) is 24.0. The molecule has 2 aromatic carbocycles. The molecule has 130 valence electrons. The van der Waals surface area contributed by atoms with Gasteiger partial charge in [0.15, 0.2) is 0 Å². The van der Waals surface area contributed by atoms with Gasteiger partial charge in [-0.3, -0.25) is 0 Å². The van der Waals surface area contributed by atoms with E-state index in [1.165, 1.54) is 22.4 Å². The van der Waals surface area contributed by atoms with Gasteiger partial charge in [0.05, 0.1) is 13.2 Å². The Labute approximate surface area is 158 Å². The van der Waals surface area contributed by atoms with Crippen molar-refractivity contribution in [3.8, 4) is 5.75 Å². The van der Waals surface area contributed by atoms with Crippen LogP contribution in [0.4, 0.5) is 5.69 Å². The summed E-state index contributed by atoms with van der Waals surface area (Å²) in [6.45, 7) is 4.52. The number of fused-ring (bicyclic) bond motifs is 3. The van der Waals surface area contributed by atoms with Crippen LogP contribution in [0.15, 0.2) is 53.0 Å². The summed E-state index contributed by atoms with van der Waals surface area (Å²) in [6.07, 6.45) is 5.83. The molecule has 25 heavy (non-hydrogen) atoms. The molecule has 0 saturated carbocycles. The minimum atomic E-state index is 0.254. The summed E-state index contributed by atoms with van der Waals surface area (Å²) in [4.78, 5) is 0. The number of hydrogen-bond acceptors (Lipinski definition) is 2. The van der Waals surface area contributed by atoms with Crippen LogP contribution in [0.5, 0.6) is 5.75 Å². The predicted octanol–water partition coefficient (Wildman–Crippen LogP) is 6.41. The largest absolute Gasteiger partial charge is 0.496 e. The van der Waals surface area contributed by atoms with E-state index >= 15 is 0 Å². The highest BCUT2D eigenvalue weighted by atomic mass is 79.9. The van der Waals surface area contributed by atoms with E-state index in [1.807, 2.05) is 6.07 Å². The molecule has 4 rings (SSSR count). The van der Waals surface area contributed by atoms with Gasteiger partial charge in [-0.2, -0.15) is 0 Å². The van der Waals surface area contributed by atoms with Crippen LogP contribution in [0.3, 0.4) is 0 Å². The first-order valence-corrected chi connectivity index (χ1v) is 9.78. The molecule has 2 nitrogen and oxygen atoms in total. The number of rotatable bonds is 3. The lowest BCUT2D eigenvalue weighted by molar-refractivity contribution is 0.381. The van der Waals surface area contributed by atoms with Crippen LogP contribution >= 0.6 is 15.9 Å². The standard InChI is InChI=1S/C22H24BrNO/c1-13(2)14-7-9-20-18(11-14)16-5-4-6-17(16)22(24-20)19-12-15(23)8-10-21(19)25-3/h4-5,7-13,16-17,22,24H,6H2,1-3H3/t16-,17+,22+/m0/s1. The van der Waals surface area contributed by atoms with Crippen LogP contribution < -0.4 is 10.1 Å². The number of halogens is 1. The molecule has 2 aromatic rings. The molecule has 0 saturated heterocycles. The molecule has 1 heterocycles. The fraction of sp³-hybridized carbons (Fsp3) is 0.364. The van der Waals surface area contributed by atoms with E-state index in [1.54, 1.807) is 7.11 Å². The first kappa shape index (κ1) is 16.7. The Morgan fingerprint density at radius 2 is 1.96 bits per heavy atom. The fourth-order valence-electron chi connectivity index (χ4n) is 4.23. The third-order valence-electron chi connectivity index (χ3n) is 5.58. The summed E-state index contributed by atoms with van der Waals surface area (Å²) < 4.78 is 6.75. The van der Waals surface area contributed by atoms with E-state index < -0.39 is 0 Å². The van der Waals surface area contributed by atoms with Crippen LogP contribution in [0.25, 0.3) is 0 Å². The van der Waals surface area contributed by atoms with Gasteiger partial charge in [-0.25, -0.2) is 0 Å². The summed E-state index contributed by atoms with van der Waals surface area (Å²) in [5, 5.41) is 3.81. The van der Waals surface area contributed by atoms with Crippen LogP contribution in [0.1, 0.15) is 54.8 Å². The van der Waals surface area contributed by atoms with Crippen LogP contribution in [-0.2, 0) is 0 Å². The minimum Gasteiger partial charge on any atom is -0.496 e. The average molecular weight is 398 g/mol. The minimum absolute atomic E-state index is 0.254. The number of hydrogen-bond donors (Lipinski definition) is 1. The van der Waals surface area contributed by atoms with Crippen molar-refractivity contribution in [3.05, 3.63) is 69.7 Å². The van der Waals surface area contributed by atoms with Gasteiger partial charge in [0, 0.05) is 21.6 Å². The van der Waals surface area contributed by atoms with Crippen molar-refractivity contribution in [1.29, 1.82) is 0 Å². The molecular weight excluding hydrogens is 374 g/mol. The Morgan fingerprint density at radius 1 is 1.12 bits per heavy atom. The number of anilines is 1. The van der Waals surface area contributed by atoms with Crippen molar-refractivity contribution in [2.45, 2.75) is 38.1 Å². The molecule has 3 heteroatoms. The maximum absolute atomic E-state index is 5.66. The molecule has 0 fully saturated rings. The second-order valence-electron chi connectivity index (χ2n) is 7.36. The van der Waals surface area contributed by atoms with Gasteiger partial charge in [-0.15, -0.1) is 0 Å².